The molecule has 82 valence electrons. The van der Waals surface area contributed by atoms with Crippen LogP contribution in [0.25, 0.3) is 0 Å². The maximum absolute atomic E-state index is 5.24. The first-order valence-corrected chi connectivity index (χ1v) is 5.13. The molecule has 1 rings (SSSR count). The quantitative estimate of drug-likeness (QED) is 0.525. The first-order chi connectivity index (χ1) is 7.31. The molecule has 0 saturated heterocycles. The van der Waals surface area contributed by atoms with Gasteiger partial charge in [0, 0.05) is 0 Å². The maximum Gasteiger partial charge on any atom is 0.160 e. The Labute approximate surface area is 91.5 Å². The zero-order chi connectivity index (χ0) is 11.1. The van der Waals surface area contributed by atoms with Crippen molar-refractivity contribution in [1.29, 1.82) is 0 Å². The molecule has 0 aliphatic heterocycles. The summed E-state index contributed by atoms with van der Waals surface area (Å²) in [4.78, 5) is 0. The van der Waals surface area contributed by atoms with Crippen LogP contribution in [0.15, 0.2) is 30.9 Å². The molecule has 0 saturated carbocycles. The summed E-state index contributed by atoms with van der Waals surface area (Å²) in [6, 6.07) is 6.05. The fourth-order valence-corrected chi connectivity index (χ4v) is 1.49. The van der Waals surface area contributed by atoms with Crippen molar-refractivity contribution in [2.75, 3.05) is 14.2 Å². The summed E-state index contributed by atoms with van der Waals surface area (Å²) in [5.41, 5.74) is 1.27. The van der Waals surface area contributed by atoms with E-state index in [1.807, 2.05) is 18.2 Å². The van der Waals surface area contributed by atoms with Gasteiger partial charge in [-0.15, -0.1) is 6.58 Å². The molecule has 0 N–H and O–H groups in total. The molecule has 0 unspecified atom stereocenters. The standard InChI is InChI=1S/C13H18O2/c1-4-5-6-7-11-8-9-12(14-2)13(10-11)15-3/h4,8-10H,1,5-7H2,2-3H3. The Kier molecular flexibility index (Phi) is 4.75. The van der Waals surface area contributed by atoms with Gasteiger partial charge in [0.05, 0.1) is 14.2 Å². The third-order valence-electron chi connectivity index (χ3n) is 2.32. The lowest BCUT2D eigenvalue weighted by atomic mass is 10.1. The van der Waals surface area contributed by atoms with E-state index in [9.17, 15) is 0 Å². The third kappa shape index (κ3) is 3.31. The van der Waals surface area contributed by atoms with Crippen molar-refractivity contribution in [3.8, 4) is 11.5 Å². The van der Waals surface area contributed by atoms with Gasteiger partial charge in [0.25, 0.3) is 0 Å². The van der Waals surface area contributed by atoms with Crippen LogP contribution in [-0.2, 0) is 6.42 Å². The molecule has 0 heterocycles. The topological polar surface area (TPSA) is 18.5 Å². The average Bonchev–Trinajstić information content (AvgIpc) is 2.29. The van der Waals surface area contributed by atoms with E-state index in [2.05, 4.69) is 12.6 Å². The van der Waals surface area contributed by atoms with Gasteiger partial charge < -0.3 is 9.47 Å². The molecule has 0 radical (unpaired) electrons. The second-order valence-corrected chi connectivity index (χ2v) is 3.37. The normalized spacial score (nSPS) is 9.73. The van der Waals surface area contributed by atoms with Crippen LogP contribution in [0.5, 0.6) is 11.5 Å². The Hall–Kier alpha value is -1.44. The number of aryl methyl sites for hydroxylation is 1. The van der Waals surface area contributed by atoms with Crippen molar-refractivity contribution in [1.82, 2.24) is 0 Å². The molecule has 0 aliphatic rings. The first-order valence-electron chi connectivity index (χ1n) is 5.13. The van der Waals surface area contributed by atoms with Gasteiger partial charge in [-0.1, -0.05) is 12.1 Å². The van der Waals surface area contributed by atoms with Crippen LogP contribution in [0.3, 0.4) is 0 Å². The summed E-state index contributed by atoms with van der Waals surface area (Å²) in [7, 11) is 3.31. The number of rotatable bonds is 6. The van der Waals surface area contributed by atoms with Crippen LogP contribution in [0.1, 0.15) is 18.4 Å². The van der Waals surface area contributed by atoms with Gasteiger partial charge in [0.15, 0.2) is 11.5 Å². The number of hydrogen-bond acceptors (Lipinski definition) is 2. The molecule has 1 aromatic rings. The average molecular weight is 206 g/mol. The Balaban J connectivity index is 2.69. The molecular weight excluding hydrogens is 188 g/mol. The minimum Gasteiger partial charge on any atom is -0.493 e. The number of unbranched alkanes of at least 4 members (excludes halogenated alkanes) is 1. The van der Waals surface area contributed by atoms with Crippen LogP contribution in [0.2, 0.25) is 0 Å². The minimum atomic E-state index is 0.782. The molecule has 2 heteroatoms. The molecule has 0 fully saturated rings. The molecule has 1 aromatic carbocycles. The van der Waals surface area contributed by atoms with Gasteiger partial charge in [-0.3, -0.25) is 0 Å². The molecule has 15 heavy (non-hydrogen) atoms. The highest BCUT2D eigenvalue weighted by Crippen LogP contribution is 2.27. The summed E-state index contributed by atoms with van der Waals surface area (Å²) in [5, 5.41) is 0. The smallest absolute Gasteiger partial charge is 0.160 e. The van der Waals surface area contributed by atoms with Crippen LogP contribution >= 0.6 is 0 Å². The lowest BCUT2D eigenvalue weighted by Gasteiger charge is -2.09. The van der Waals surface area contributed by atoms with Crippen LogP contribution in [-0.4, -0.2) is 14.2 Å². The Morgan fingerprint density at radius 3 is 2.53 bits per heavy atom. The van der Waals surface area contributed by atoms with Gasteiger partial charge >= 0.3 is 0 Å². The Morgan fingerprint density at radius 1 is 1.20 bits per heavy atom. The van der Waals surface area contributed by atoms with Gasteiger partial charge in [0.2, 0.25) is 0 Å². The Bertz CT molecular complexity index is 318. The fourth-order valence-electron chi connectivity index (χ4n) is 1.49. The van der Waals surface area contributed by atoms with Crippen LogP contribution < -0.4 is 9.47 Å². The van der Waals surface area contributed by atoms with E-state index < -0.39 is 0 Å². The van der Waals surface area contributed by atoms with E-state index in [-0.39, 0.29) is 0 Å². The predicted molar refractivity (Wildman–Crippen MR) is 62.7 cm³/mol. The molecule has 0 aromatic heterocycles. The van der Waals surface area contributed by atoms with E-state index in [0.717, 1.165) is 30.8 Å². The monoisotopic (exact) mass is 206 g/mol. The van der Waals surface area contributed by atoms with Crippen molar-refractivity contribution >= 4 is 0 Å². The summed E-state index contributed by atoms with van der Waals surface area (Å²) in [6.07, 6.45) is 5.17. The highest BCUT2D eigenvalue weighted by Gasteiger charge is 2.03. The van der Waals surface area contributed by atoms with Gasteiger partial charge in [-0.25, -0.2) is 0 Å². The van der Waals surface area contributed by atoms with Crippen molar-refractivity contribution in [2.45, 2.75) is 19.3 Å². The van der Waals surface area contributed by atoms with E-state index in [1.54, 1.807) is 14.2 Å². The number of methoxy groups -OCH3 is 2. The molecule has 0 atom stereocenters. The van der Waals surface area contributed by atoms with Crippen molar-refractivity contribution in [3.63, 3.8) is 0 Å². The molecule has 2 nitrogen and oxygen atoms in total. The SMILES string of the molecule is C=CCCCc1ccc(OC)c(OC)c1. The molecule has 0 spiro atoms. The predicted octanol–water partition coefficient (Wildman–Crippen LogP) is 3.21. The summed E-state index contributed by atoms with van der Waals surface area (Å²) in [5.74, 6) is 1.58. The second kappa shape index (κ2) is 6.12. The highest BCUT2D eigenvalue weighted by molar-refractivity contribution is 5.42. The maximum atomic E-state index is 5.24. The summed E-state index contributed by atoms with van der Waals surface area (Å²) < 4.78 is 10.4. The van der Waals surface area contributed by atoms with E-state index in [4.69, 9.17) is 9.47 Å². The zero-order valence-electron chi connectivity index (χ0n) is 9.45. The minimum absolute atomic E-state index is 0.782. The van der Waals surface area contributed by atoms with Crippen molar-refractivity contribution < 1.29 is 9.47 Å². The van der Waals surface area contributed by atoms with Crippen molar-refractivity contribution in [2.24, 2.45) is 0 Å². The van der Waals surface area contributed by atoms with E-state index >= 15 is 0 Å². The first kappa shape index (κ1) is 11.6. The summed E-state index contributed by atoms with van der Waals surface area (Å²) in [6.45, 7) is 3.71. The van der Waals surface area contributed by atoms with Crippen molar-refractivity contribution in [3.05, 3.63) is 36.4 Å². The lowest BCUT2D eigenvalue weighted by molar-refractivity contribution is 0.354. The summed E-state index contributed by atoms with van der Waals surface area (Å²) >= 11 is 0. The van der Waals surface area contributed by atoms with Gasteiger partial charge in [-0.05, 0) is 37.0 Å². The van der Waals surface area contributed by atoms with E-state index in [1.165, 1.54) is 5.56 Å². The molecule has 0 amide bonds. The molecular formula is C13H18O2. The van der Waals surface area contributed by atoms with Crippen LogP contribution in [0.4, 0.5) is 0 Å². The third-order valence-corrected chi connectivity index (χ3v) is 2.32. The van der Waals surface area contributed by atoms with Gasteiger partial charge in [-0.2, -0.15) is 0 Å². The lowest BCUT2D eigenvalue weighted by Crippen LogP contribution is -1.92. The number of hydrogen-bond donors (Lipinski definition) is 0. The molecule has 0 bridgehead atoms. The number of benzene rings is 1. The van der Waals surface area contributed by atoms with Gasteiger partial charge in [0.1, 0.15) is 0 Å². The fraction of sp³-hybridized carbons (Fsp3) is 0.385. The second-order valence-electron chi connectivity index (χ2n) is 3.37. The number of ether oxygens (including phenoxy) is 2. The molecule has 0 aliphatic carbocycles. The van der Waals surface area contributed by atoms with Crippen LogP contribution in [0, 0.1) is 0 Å². The number of allylic oxidation sites excluding steroid dienone is 1. The Morgan fingerprint density at radius 2 is 1.93 bits per heavy atom. The highest BCUT2D eigenvalue weighted by atomic mass is 16.5. The zero-order valence-corrected chi connectivity index (χ0v) is 9.45. The largest absolute Gasteiger partial charge is 0.493 e. The van der Waals surface area contributed by atoms with E-state index in [0.29, 0.717) is 0 Å².